The van der Waals surface area contributed by atoms with E-state index in [1.54, 1.807) is 18.3 Å². The lowest BCUT2D eigenvalue weighted by atomic mass is 10.1. The van der Waals surface area contributed by atoms with E-state index in [1.807, 2.05) is 7.05 Å². The van der Waals surface area contributed by atoms with E-state index in [0.29, 0.717) is 6.54 Å². The van der Waals surface area contributed by atoms with Gasteiger partial charge in [0, 0.05) is 25.3 Å². The molecule has 1 aromatic heterocycles. The van der Waals surface area contributed by atoms with Gasteiger partial charge in [-0.2, -0.15) is 0 Å². The van der Waals surface area contributed by atoms with Gasteiger partial charge in [-0.1, -0.05) is 13.0 Å². The molecule has 0 aliphatic carbocycles. The smallest absolute Gasteiger partial charge is 0.258 e. The molecule has 2 heterocycles. The maximum absolute atomic E-state index is 12.4. The molecule has 2 rings (SSSR count). The number of sulfonamides is 1. The summed E-state index contributed by atoms with van der Waals surface area (Å²) in [6, 6.07) is 3.33. The Balaban J connectivity index is 2.03. The number of hydrogen-bond acceptors (Lipinski definition) is 5. The molecule has 1 unspecified atom stereocenters. The predicted molar refractivity (Wildman–Crippen MR) is 82.5 cm³/mol. The summed E-state index contributed by atoms with van der Waals surface area (Å²) in [5, 5.41) is 3.10. The molecule has 0 radical (unpaired) electrons. The Hall–Kier alpha value is -1.02. The first-order valence-electron chi connectivity index (χ1n) is 7.39. The van der Waals surface area contributed by atoms with Crippen molar-refractivity contribution in [2.75, 3.05) is 26.7 Å². The monoisotopic (exact) mass is 312 g/mol. The second kappa shape index (κ2) is 7.31. The largest absolute Gasteiger partial charge is 0.316 e. The van der Waals surface area contributed by atoms with Crippen LogP contribution in [0.1, 0.15) is 25.3 Å². The van der Waals surface area contributed by atoms with Crippen LogP contribution in [-0.4, -0.2) is 51.0 Å². The third-order valence-electron chi connectivity index (χ3n) is 3.73. The van der Waals surface area contributed by atoms with E-state index in [9.17, 15) is 8.42 Å². The second-order valence-electron chi connectivity index (χ2n) is 5.39. The molecule has 1 saturated heterocycles. The third-order valence-corrected chi connectivity index (χ3v) is 5.16. The van der Waals surface area contributed by atoms with Crippen molar-refractivity contribution in [2.45, 2.75) is 37.4 Å². The lowest BCUT2D eigenvalue weighted by molar-refractivity contribution is 0.211. The van der Waals surface area contributed by atoms with Crippen molar-refractivity contribution in [3.63, 3.8) is 0 Å². The van der Waals surface area contributed by atoms with Crippen LogP contribution >= 0.6 is 0 Å². The highest BCUT2D eigenvalue weighted by atomic mass is 32.2. The van der Waals surface area contributed by atoms with Crippen LogP contribution in [0.15, 0.2) is 23.4 Å². The van der Waals surface area contributed by atoms with Gasteiger partial charge in [0.05, 0.1) is 0 Å². The van der Waals surface area contributed by atoms with Crippen molar-refractivity contribution in [1.82, 2.24) is 19.9 Å². The normalized spacial score (nSPS) is 20.6. The third kappa shape index (κ3) is 4.47. The van der Waals surface area contributed by atoms with Crippen LogP contribution in [0, 0.1) is 0 Å². The summed E-state index contributed by atoms with van der Waals surface area (Å²) in [5.41, 5.74) is 0.964. The Kier molecular flexibility index (Phi) is 5.69. The molecular weight excluding hydrogens is 288 g/mol. The van der Waals surface area contributed by atoms with Gasteiger partial charge in [-0.25, -0.2) is 18.1 Å². The number of aromatic nitrogens is 1. The Morgan fingerprint density at radius 1 is 1.43 bits per heavy atom. The predicted octanol–water partition coefficient (Wildman–Crippen LogP) is 0.564. The molecule has 1 aliphatic heterocycles. The van der Waals surface area contributed by atoms with Crippen molar-refractivity contribution in [3.8, 4) is 0 Å². The first-order chi connectivity index (χ1) is 10.0. The Labute approximate surface area is 127 Å². The lowest BCUT2D eigenvalue weighted by Crippen LogP contribution is -2.47. The van der Waals surface area contributed by atoms with Gasteiger partial charge in [-0.3, -0.25) is 0 Å². The molecule has 1 aromatic rings. The van der Waals surface area contributed by atoms with E-state index in [1.165, 1.54) is 0 Å². The van der Waals surface area contributed by atoms with Crippen LogP contribution in [0.3, 0.4) is 0 Å². The molecule has 0 bridgehead atoms. The van der Waals surface area contributed by atoms with Gasteiger partial charge in [0.1, 0.15) is 0 Å². The number of likely N-dealkylation sites (tertiary alicyclic amines) is 1. The first-order valence-corrected chi connectivity index (χ1v) is 8.87. The molecule has 0 saturated carbocycles. The zero-order valence-electron chi connectivity index (χ0n) is 12.7. The highest BCUT2D eigenvalue weighted by Gasteiger charge is 2.25. The standard InChI is InChI=1S/C14H24N4O2S/c1-3-18-8-4-5-13(11-18)17-21(19,20)14-7-6-12(9-15-2)10-16-14/h6-7,10,13,15,17H,3-5,8-9,11H2,1-2H3. The zero-order chi connectivity index (χ0) is 15.3. The maximum Gasteiger partial charge on any atom is 0.258 e. The quantitative estimate of drug-likeness (QED) is 0.803. The molecule has 0 spiro atoms. The van der Waals surface area contributed by atoms with E-state index in [-0.39, 0.29) is 11.1 Å². The highest BCUT2D eigenvalue weighted by Crippen LogP contribution is 2.13. The summed E-state index contributed by atoms with van der Waals surface area (Å²) in [4.78, 5) is 6.33. The number of nitrogens with one attached hydrogen (secondary N) is 2. The minimum absolute atomic E-state index is 0.0255. The summed E-state index contributed by atoms with van der Waals surface area (Å²) in [5.74, 6) is 0. The zero-order valence-corrected chi connectivity index (χ0v) is 13.5. The second-order valence-corrected chi connectivity index (χ2v) is 7.05. The van der Waals surface area contributed by atoms with Crippen LogP contribution in [0.5, 0.6) is 0 Å². The Bertz CT molecular complexity index is 545. The number of likely N-dealkylation sites (N-methyl/N-ethyl adjacent to an activating group) is 1. The van der Waals surface area contributed by atoms with Gasteiger partial charge in [0.25, 0.3) is 10.0 Å². The van der Waals surface area contributed by atoms with Crippen molar-refractivity contribution >= 4 is 10.0 Å². The first kappa shape index (κ1) is 16.4. The number of pyridine rings is 1. The summed E-state index contributed by atoms with van der Waals surface area (Å²) in [7, 11) is -1.69. The summed E-state index contributed by atoms with van der Waals surface area (Å²) in [6.45, 7) is 5.54. The van der Waals surface area contributed by atoms with Gasteiger partial charge in [-0.15, -0.1) is 0 Å². The fraction of sp³-hybridized carbons (Fsp3) is 0.643. The van der Waals surface area contributed by atoms with Crippen LogP contribution in [0.25, 0.3) is 0 Å². The average molecular weight is 312 g/mol. The summed E-state index contributed by atoms with van der Waals surface area (Å²) < 4.78 is 27.5. The maximum atomic E-state index is 12.4. The minimum atomic E-state index is -3.53. The van der Waals surface area contributed by atoms with Gasteiger partial charge >= 0.3 is 0 Å². The molecule has 6 nitrogen and oxygen atoms in total. The molecule has 0 amide bonds. The molecule has 1 aliphatic rings. The van der Waals surface area contributed by atoms with Crippen LogP contribution < -0.4 is 10.0 Å². The fourth-order valence-electron chi connectivity index (χ4n) is 2.60. The van der Waals surface area contributed by atoms with Gasteiger partial charge in [0.15, 0.2) is 5.03 Å². The van der Waals surface area contributed by atoms with Crippen LogP contribution in [0.4, 0.5) is 0 Å². The van der Waals surface area contributed by atoms with E-state index >= 15 is 0 Å². The molecule has 1 fully saturated rings. The van der Waals surface area contributed by atoms with Gasteiger partial charge in [-0.05, 0) is 44.6 Å². The highest BCUT2D eigenvalue weighted by molar-refractivity contribution is 7.89. The van der Waals surface area contributed by atoms with Crippen molar-refractivity contribution < 1.29 is 8.42 Å². The van der Waals surface area contributed by atoms with Crippen molar-refractivity contribution in [2.24, 2.45) is 0 Å². The van der Waals surface area contributed by atoms with Crippen molar-refractivity contribution in [1.29, 1.82) is 0 Å². The topological polar surface area (TPSA) is 74.3 Å². The number of nitrogens with zero attached hydrogens (tertiary/aromatic N) is 2. The van der Waals surface area contributed by atoms with Crippen LogP contribution in [0.2, 0.25) is 0 Å². The van der Waals surface area contributed by atoms with E-state index in [2.05, 4.69) is 26.8 Å². The minimum Gasteiger partial charge on any atom is -0.316 e. The molecule has 7 heteroatoms. The molecule has 1 atom stereocenters. The van der Waals surface area contributed by atoms with E-state index in [0.717, 1.165) is 38.0 Å². The molecule has 0 aromatic carbocycles. The van der Waals surface area contributed by atoms with Crippen molar-refractivity contribution in [3.05, 3.63) is 23.9 Å². The number of rotatable bonds is 6. The van der Waals surface area contributed by atoms with Gasteiger partial charge in [0.2, 0.25) is 0 Å². The van der Waals surface area contributed by atoms with E-state index in [4.69, 9.17) is 0 Å². The average Bonchev–Trinajstić information content (AvgIpc) is 2.48. The number of hydrogen-bond donors (Lipinski definition) is 2. The molecule has 21 heavy (non-hydrogen) atoms. The summed E-state index contributed by atoms with van der Waals surface area (Å²) >= 11 is 0. The van der Waals surface area contributed by atoms with Gasteiger partial charge < -0.3 is 10.2 Å². The van der Waals surface area contributed by atoms with Crippen LogP contribution in [-0.2, 0) is 16.6 Å². The fourth-order valence-corrected chi connectivity index (χ4v) is 3.79. The molecular formula is C14H24N4O2S. The number of piperidine rings is 1. The SMILES string of the molecule is CCN1CCCC(NS(=O)(=O)c2ccc(CNC)cn2)C1. The van der Waals surface area contributed by atoms with E-state index < -0.39 is 10.0 Å². The molecule has 2 N–H and O–H groups in total. The summed E-state index contributed by atoms with van der Waals surface area (Å²) in [6.07, 6.45) is 3.51. The Morgan fingerprint density at radius 2 is 2.24 bits per heavy atom. The molecule has 118 valence electrons. The lowest BCUT2D eigenvalue weighted by Gasteiger charge is -2.31. The Morgan fingerprint density at radius 3 is 2.86 bits per heavy atom.